The fourth-order valence-electron chi connectivity index (χ4n) is 1.37. The molecule has 0 amide bonds. The quantitative estimate of drug-likeness (QED) is 0.829. The second kappa shape index (κ2) is 4.10. The van der Waals surface area contributed by atoms with Crippen LogP contribution in [0.5, 0.6) is 5.75 Å². The summed E-state index contributed by atoms with van der Waals surface area (Å²) < 4.78 is 42.1. The first-order valence-electron chi connectivity index (χ1n) is 4.33. The molecular formula is C10H12F3NO. The highest BCUT2D eigenvalue weighted by atomic mass is 19.4. The number of methoxy groups -OCH3 is 1. The minimum absolute atomic E-state index is 0.0434. The molecule has 1 unspecified atom stereocenters. The van der Waals surface area contributed by atoms with Crippen LogP contribution in [-0.4, -0.2) is 13.3 Å². The molecule has 2 nitrogen and oxygen atoms in total. The van der Waals surface area contributed by atoms with E-state index in [4.69, 9.17) is 10.5 Å². The average Bonchev–Trinajstić information content (AvgIpc) is 2.16. The number of hydrogen-bond donors (Lipinski definition) is 1. The van der Waals surface area contributed by atoms with Crippen molar-refractivity contribution in [3.8, 4) is 5.75 Å². The van der Waals surface area contributed by atoms with Crippen molar-refractivity contribution in [3.05, 3.63) is 29.3 Å². The molecule has 0 aliphatic carbocycles. The van der Waals surface area contributed by atoms with E-state index in [0.29, 0.717) is 11.3 Å². The molecule has 0 aliphatic heterocycles. The van der Waals surface area contributed by atoms with Gasteiger partial charge in [0.25, 0.3) is 0 Å². The van der Waals surface area contributed by atoms with Crippen molar-refractivity contribution in [2.45, 2.75) is 19.1 Å². The zero-order valence-electron chi connectivity index (χ0n) is 8.43. The Morgan fingerprint density at radius 3 is 2.40 bits per heavy atom. The van der Waals surface area contributed by atoms with Gasteiger partial charge in [0, 0.05) is 0 Å². The summed E-state index contributed by atoms with van der Waals surface area (Å²) >= 11 is 0. The van der Waals surface area contributed by atoms with E-state index in [2.05, 4.69) is 0 Å². The monoisotopic (exact) mass is 219 g/mol. The van der Waals surface area contributed by atoms with Gasteiger partial charge >= 0.3 is 6.18 Å². The van der Waals surface area contributed by atoms with E-state index in [1.807, 2.05) is 0 Å². The van der Waals surface area contributed by atoms with Crippen LogP contribution in [0.15, 0.2) is 18.2 Å². The van der Waals surface area contributed by atoms with Crippen molar-refractivity contribution < 1.29 is 17.9 Å². The molecule has 0 fully saturated rings. The molecule has 1 aromatic rings. The summed E-state index contributed by atoms with van der Waals surface area (Å²) in [6.45, 7) is 1.56. The highest BCUT2D eigenvalue weighted by molar-refractivity contribution is 5.41. The number of benzene rings is 1. The predicted octanol–water partition coefficient (Wildman–Crippen LogP) is 2.57. The van der Waals surface area contributed by atoms with Crippen LogP contribution < -0.4 is 10.5 Å². The molecule has 2 N–H and O–H groups in total. The second-order valence-electron chi connectivity index (χ2n) is 3.19. The SMILES string of the molecule is COc1cccc(C(N)C(F)(F)F)c1C. The van der Waals surface area contributed by atoms with E-state index in [-0.39, 0.29) is 5.56 Å². The molecule has 0 aromatic heterocycles. The Balaban J connectivity index is 3.15. The van der Waals surface area contributed by atoms with Gasteiger partial charge in [-0.1, -0.05) is 12.1 Å². The van der Waals surface area contributed by atoms with Gasteiger partial charge in [0.05, 0.1) is 7.11 Å². The van der Waals surface area contributed by atoms with Crippen molar-refractivity contribution in [2.75, 3.05) is 7.11 Å². The molecule has 84 valence electrons. The number of ether oxygens (including phenoxy) is 1. The van der Waals surface area contributed by atoms with Gasteiger partial charge in [0.2, 0.25) is 0 Å². The average molecular weight is 219 g/mol. The summed E-state index contributed by atoms with van der Waals surface area (Å²) in [6.07, 6.45) is -4.43. The van der Waals surface area contributed by atoms with Crippen molar-refractivity contribution in [1.29, 1.82) is 0 Å². The number of nitrogens with two attached hydrogens (primary N) is 1. The van der Waals surface area contributed by atoms with Crippen LogP contribution in [0, 0.1) is 6.92 Å². The normalized spacial score (nSPS) is 13.7. The minimum atomic E-state index is -4.43. The van der Waals surface area contributed by atoms with Crippen molar-refractivity contribution in [1.82, 2.24) is 0 Å². The molecule has 15 heavy (non-hydrogen) atoms. The summed E-state index contributed by atoms with van der Waals surface area (Å²) in [5.74, 6) is 0.409. The Morgan fingerprint density at radius 2 is 1.93 bits per heavy atom. The third-order valence-corrected chi connectivity index (χ3v) is 2.23. The molecule has 0 bridgehead atoms. The van der Waals surface area contributed by atoms with Crippen molar-refractivity contribution >= 4 is 0 Å². The molecule has 5 heteroatoms. The van der Waals surface area contributed by atoms with E-state index in [1.165, 1.54) is 19.2 Å². The van der Waals surface area contributed by atoms with E-state index in [9.17, 15) is 13.2 Å². The Morgan fingerprint density at radius 1 is 1.33 bits per heavy atom. The Kier molecular flexibility index (Phi) is 3.24. The lowest BCUT2D eigenvalue weighted by molar-refractivity contribution is -0.149. The lowest BCUT2D eigenvalue weighted by Crippen LogP contribution is -2.29. The van der Waals surface area contributed by atoms with Crippen LogP contribution in [0.4, 0.5) is 13.2 Å². The van der Waals surface area contributed by atoms with E-state index < -0.39 is 12.2 Å². The predicted molar refractivity (Wildman–Crippen MR) is 50.7 cm³/mol. The molecule has 0 spiro atoms. The Labute approximate surface area is 85.8 Å². The van der Waals surface area contributed by atoms with Crippen molar-refractivity contribution in [3.63, 3.8) is 0 Å². The topological polar surface area (TPSA) is 35.2 Å². The van der Waals surface area contributed by atoms with Gasteiger partial charge in [-0.15, -0.1) is 0 Å². The number of rotatable bonds is 2. The molecule has 1 rings (SSSR count). The maximum Gasteiger partial charge on any atom is 0.407 e. The molecule has 0 radical (unpaired) electrons. The first-order valence-corrected chi connectivity index (χ1v) is 4.33. The molecule has 0 heterocycles. The van der Waals surface area contributed by atoms with Gasteiger partial charge < -0.3 is 10.5 Å². The number of alkyl halides is 3. The molecule has 0 saturated heterocycles. The standard InChI is InChI=1S/C10H12F3NO/c1-6-7(9(14)10(11,12)13)4-3-5-8(6)15-2/h3-5,9H,14H2,1-2H3. The first-order chi connectivity index (χ1) is 6.88. The van der Waals surface area contributed by atoms with Crippen LogP contribution in [0.25, 0.3) is 0 Å². The molecule has 0 saturated carbocycles. The maximum atomic E-state index is 12.4. The smallest absolute Gasteiger partial charge is 0.407 e. The summed E-state index contributed by atoms with van der Waals surface area (Å²) in [7, 11) is 1.41. The largest absolute Gasteiger partial charge is 0.496 e. The zero-order valence-corrected chi connectivity index (χ0v) is 8.43. The lowest BCUT2D eigenvalue weighted by Gasteiger charge is -2.19. The summed E-state index contributed by atoms with van der Waals surface area (Å²) in [5, 5.41) is 0. The molecular weight excluding hydrogens is 207 g/mol. The molecule has 1 atom stereocenters. The van der Waals surface area contributed by atoms with E-state index in [1.54, 1.807) is 13.0 Å². The summed E-state index contributed by atoms with van der Waals surface area (Å²) in [6, 6.07) is 2.48. The minimum Gasteiger partial charge on any atom is -0.496 e. The van der Waals surface area contributed by atoms with E-state index >= 15 is 0 Å². The first kappa shape index (κ1) is 11.8. The van der Waals surface area contributed by atoms with Gasteiger partial charge in [0.15, 0.2) is 0 Å². The summed E-state index contributed by atoms with van der Waals surface area (Å²) in [5.41, 5.74) is 5.58. The summed E-state index contributed by atoms with van der Waals surface area (Å²) in [4.78, 5) is 0. The second-order valence-corrected chi connectivity index (χ2v) is 3.19. The molecule has 1 aromatic carbocycles. The van der Waals surface area contributed by atoms with Gasteiger partial charge in [-0.05, 0) is 24.1 Å². The highest BCUT2D eigenvalue weighted by Gasteiger charge is 2.38. The van der Waals surface area contributed by atoms with Gasteiger partial charge in [-0.25, -0.2) is 0 Å². The highest BCUT2D eigenvalue weighted by Crippen LogP contribution is 2.34. The Bertz CT molecular complexity index is 349. The van der Waals surface area contributed by atoms with Crippen molar-refractivity contribution in [2.24, 2.45) is 5.73 Å². The van der Waals surface area contributed by atoms with Crippen LogP contribution in [-0.2, 0) is 0 Å². The molecule has 0 aliphatic rings. The van der Waals surface area contributed by atoms with Crippen LogP contribution in [0.1, 0.15) is 17.2 Å². The third-order valence-electron chi connectivity index (χ3n) is 2.23. The fourth-order valence-corrected chi connectivity index (χ4v) is 1.37. The number of halogens is 3. The van der Waals surface area contributed by atoms with Crippen LogP contribution in [0.3, 0.4) is 0 Å². The number of hydrogen-bond acceptors (Lipinski definition) is 2. The van der Waals surface area contributed by atoms with Gasteiger partial charge in [-0.3, -0.25) is 0 Å². The van der Waals surface area contributed by atoms with Crippen LogP contribution in [0.2, 0.25) is 0 Å². The zero-order chi connectivity index (χ0) is 11.6. The van der Waals surface area contributed by atoms with Gasteiger partial charge in [-0.2, -0.15) is 13.2 Å². The van der Waals surface area contributed by atoms with Gasteiger partial charge in [0.1, 0.15) is 11.8 Å². The Hall–Kier alpha value is -1.23. The third kappa shape index (κ3) is 2.41. The van der Waals surface area contributed by atoms with E-state index in [0.717, 1.165) is 0 Å². The van der Waals surface area contributed by atoms with Crippen LogP contribution >= 0.6 is 0 Å². The maximum absolute atomic E-state index is 12.4. The fraction of sp³-hybridized carbons (Fsp3) is 0.400. The lowest BCUT2D eigenvalue weighted by atomic mass is 10.0.